The van der Waals surface area contributed by atoms with Crippen LogP contribution in [-0.4, -0.2) is 35.8 Å². The van der Waals surface area contributed by atoms with E-state index < -0.39 is 0 Å². The SMILES string of the molecule is O=C(NC1CCCC12CCN(C(=O)C1CC13CC3)CC2)c1ccsc1. The maximum atomic E-state index is 12.7. The lowest BCUT2D eigenvalue weighted by Crippen LogP contribution is -2.51. The number of amides is 2. The lowest BCUT2D eigenvalue weighted by molar-refractivity contribution is -0.135. The molecular weight excluding hydrogens is 332 g/mol. The van der Waals surface area contributed by atoms with E-state index in [9.17, 15) is 9.59 Å². The van der Waals surface area contributed by atoms with Crippen LogP contribution in [0.4, 0.5) is 0 Å². The molecular formula is C20H26N2O2S. The normalized spacial score (nSPS) is 31.3. The van der Waals surface area contributed by atoms with Gasteiger partial charge in [0, 0.05) is 36.0 Å². The molecule has 1 aliphatic heterocycles. The van der Waals surface area contributed by atoms with Crippen molar-refractivity contribution in [2.45, 2.75) is 57.4 Å². The van der Waals surface area contributed by atoms with Gasteiger partial charge in [-0.2, -0.15) is 11.3 Å². The van der Waals surface area contributed by atoms with Gasteiger partial charge in [-0.1, -0.05) is 6.42 Å². The fourth-order valence-electron chi connectivity index (χ4n) is 5.40. The lowest BCUT2D eigenvalue weighted by atomic mass is 9.74. The molecule has 2 amide bonds. The van der Waals surface area contributed by atoms with Gasteiger partial charge in [-0.3, -0.25) is 9.59 Å². The van der Waals surface area contributed by atoms with Crippen LogP contribution < -0.4 is 5.32 Å². The highest BCUT2D eigenvalue weighted by molar-refractivity contribution is 7.08. The largest absolute Gasteiger partial charge is 0.349 e. The minimum absolute atomic E-state index is 0.0692. The first-order chi connectivity index (χ1) is 12.1. The zero-order valence-corrected chi connectivity index (χ0v) is 15.4. The highest BCUT2D eigenvalue weighted by Gasteiger charge is 2.66. The van der Waals surface area contributed by atoms with Crippen molar-refractivity contribution in [1.82, 2.24) is 10.2 Å². The molecule has 1 saturated heterocycles. The van der Waals surface area contributed by atoms with Gasteiger partial charge in [0.1, 0.15) is 0 Å². The minimum Gasteiger partial charge on any atom is -0.349 e. The molecule has 1 aromatic heterocycles. The number of carbonyl (C=O) groups excluding carboxylic acids is 2. The van der Waals surface area contributed by atoms with Crippen LogP contribution in [-0.2, 0) is 4.79 Å². The molecule has 1 aromatic rings. The second kappa shape index (κ2) is 5.57. The first kappa shape index (κ1) is 15.9. The van der Waals surface area contributed by atoms with Gasteiger partial charge in [0.2, 0.25) is 5.91 Å². The second-order valence-electron chi connectivity index (χ2n) is 8.74. The number of nitrogens with one attached hydrogen (secondary N) is 1. The van der Waals surface area contributed by atoms with E-state index in [2.05, 4.69) is 10.2 Å². The zero-order chi connectivity index (χ0) is 17.1. The fourth-order valence-corrected chi connectivity index (χ4v) is 6.04. The summed E-state index contributed by atoms with van der Waals surface area (Å²) in [7, 11) is 0. The fraction of sp³-hybridized carbons (Fsp3) is 0.700. The van der Waals surface area contributed by atoms with Gasteiger partial charge >= 0.3 is 0 Å². The molecule has 25 heavy (non-hydrogen) atoms. The number of hydrogen-bond donors (Lipinski definition) is 1. The molecule has 2 unspecified atom stereocenters. The quantitative estimate of drug-likeness (QED) is 0.900. The van der Waals surface area contributed by atoms with Crippen molar-refractivity contribution < 1.29 is 9.59 Å². The highest BCUT2D eigenvalue weighted by atomic mass is 32.1. The van der Waals surface area contributed by atoms with Crippen LogP contribution in [0.25, 0.3) is 0 Å². The van der Waals surface area contributed by atoms with E-state index in [-0.39, 0.29) is 17.4 Å². The predicted octanol–water partition coefficient (Wildman–Crippen LogP) is 3.44. The van der Waals surface area contributed by atoms with Gasteiger partial charge in [-0.15, -0.1) is 0 Å². The Kier molecular flexibility index (Phi) is 3.53. The molecule has 2 atom stereocenters. The summed E-state index contributed by atoms with van der Waals surface area (Å²) in [6, 6.07) is 2.17. The molecule has 0 aromatic carbocycles. The average Bonchev–Trinajstić information content (AvgIpc) is 3.42. The van der Waals surface area contributed by atoms with Crippen molar-refractivity contribution >= 4 is 23.2 Å². The van der Waals surface area contributed by atoms with Gasteiger partial charge < -0.3 is 10.2 Å². The lowest BCUT2D eigenvalue weighted by Gasteiger charge is -2.43. The van der Waals surface area contributed by atoms with Gasteiger partial charge in [0.05, 0.1) is 0 Å². The number of hydrogen-bond acceptors (Lipinski definition) is 3. The Bertz CT molecular complexity index is 687. The molecule has 2 spiro atoms. The summed E-state index contributed by atoms with van der Waals surface area (Å²) < 4.78 is 0. The van der Waals surface area contributed by atoms with Crippen molar-refractivity contribution in [3.63, 3.8) is 0 Å². The van der Waals surface area contributed by atoms with Gasteiger partial charge in [-0.05, 0) is 67.2 Å². The summed E-state index contributed by atoms with van der Waals surface area (Å²) in [5.41, 5.74) is 1.45. The average molecular weight is 359 g/mol. The number of rotatable bonds is 3. The maximum absolute atomic E-state index is 12.7. The number of piperidine rings is 1. The molecule has 4 nitrogen and oxygen atoms in total. The zero-order valence-electron chi connectivity index (χ0n) is 14.6. The van der Waals surface area contributed by atoms with E-state index in [0.717, 1.165) is 44.3 Å². The summed E-state index contributed by atoms with van der Waals surface area (Å²) in [5, 5.41) is 7.18. The Hall–Kier alpha value is -1.36. The molecule has 5 rings (SSSR count). The summed E-state index contributed by atoms with van der Waals surface area (Å²) in [5.74, 6) is 0.836. The van der Waals surface area contributed by atoms with Crippen LogP contribution in [0.5, 0.6) is 0 Å². The summed E-state index contributed by atoms with van der Waals surface area (Å²) in [6.07, 6.45) is 9.25. The first-order valence-corrected chi connectivity index (χ1v) is 10.7. The van der Waals surface area contributed by atoms with Gasteiger partial charge in [-0.25, -0.2) is 0 Å². The van der Waals surface area contributed by atoms with Crippen molar-refractivity contribution in [3.05, 3.63) is 22.4 Å². The van der Waals surface area contributed by atoms with E-state index >= 15 is 0 Å². The van der Waals surface area contributed by atoms with E-state index in [0.29, 0.717) is 17.2 Å². The van der Waals surface area contributed by atoms with Crippen LogP contribution >= 0.6 is 11.3 Å². The number of thiophene rings is 1. The number of carbonyl (C=O) groups is 2. The first-order valence-electron chi connectivity index (χ1n) is 9.74. The van der Waals surface area contributed by atoms with E-state index in [1.807, 2.05) is 16.8 Å². The number of nitrogens with zero attached hydrogens (tertiary/aromatic N) is 1. The Balaban J connectivity index is 1.21. The Morgan fingerprint density at radius 1 is 1.12 bits per heavy atom. The molecule has 0 bridgehead atoms. The molecule has 5 heteroatoms. The van der Waals surface area contributed by atoms with Crippen LogP contribution in [0.2, 0.25) is 0 Å². The van der Waals surface area contributed by atoms with E-state index in [4.69, 9.17) is 0 Å². The molecule has 0 radical (unpaired) electrons. The Labute approximate surface area is 153 Å². The van der Waals surface area contributed by atoms with Crippen LogP contribution in [0, 0.1) is 16.7 Å². The molecule has 4 fully saturated rings. The summed E-state index contributed by atoms with van der Waals surface area (Å²) in [6.45, 7) is 1.77. The van der Waals surface area contributed by atoms with E-state index in [1.54, 1.807) is 11.3 Å². The van der Waals surface area contributed by atoms with Crippen LogP contribution in [0.3, 0.4) is 0 Å². The van der Waals surface area contributed by atoms with Crippen LogP contribution in [0.1, 0.15) is 61.7 Å². The van der Waals surface area contributed by atoms with Crippen molar-refractivity contribution in [1.29, 1.82) is 0 Å². The minimum atomic E-state index is 0.0692. The maximum Gasteiger partial charge on any atom is 0.252 e. The third-order valence-electron chi connectivity index (χ3n) is 7.45. The second-order valence-corrected chi connectivity index (χ2v) is 9.52. The molecule has 134 valence electrons. The molecule has 3 saturated carbocycles. The van der Waals surface area contributed by atoms with Crippen molar-refractivity contribution in [3.8, 4) is 0 Å². The van der Waals surface area contributed by atoms with Gasteiger partial charge in [0.15, 0.2) is 0 Å². The highest BCUT2D eigenvalue weighted by Crippen LogP contribution is 2.71. The molecule has 2 heterocycles. The number of likely N-dealkylation sites (tertiary alicyclic amines) is 1. The summed E-state index contributed by atoms with van der Waals surface area (Å²) in [4.78, 5) is 27.3. The molecule has 1 N–H and O–H groups in total. The topological polar surface area (TPSA) is 49.4 Å². The van der Waals surface area contributed by atoms with Crippen molar-refractivity contribution in [2.75, 3.05) is 13.1 Å². The van der Waals surface area contributed by atoms with Crippen LogP contribution in [0.15, 0.2) is 16.8 Å². The van der Waals surface area contributed by atoms with E-state index in [1.165, 1.54) is 25.7 Å². The van der Waals surface area contributed by atoms with Gasteiger partial charge in [0.25, 0.3) is 5.91 Å². The van der Waals surface area contributed by atoms with Crippen molar-refractivity contribution in [2.24, 2.45) is 16.7 Å². The Morgan fingerprint density at radius 3 is 2.56 bits per heavy atom. The molecule has 3 aliphatic carbocycles. The summed E-state index contributed by atoms with van der Waals surface area (Å²) >= 11 is 1.56. The third-order valence-corrected chi connectivity index (χ3v) is 8.13. The monoisotopic (exact) mass is 358 g/mol. The smallest absolute Gasteiger partial charge is 0.252 e. The molecule has 4 aliphatic rings. The third kappa shape index (κ3) is 2.62. The standard InChI is InChI=1S/C20H26N2O2S/c23-17(14-3-11-25-13-14)21-16-2-1-4-19(16)7-9-22(10-8-19)18(24)15-12-20(15)5-6-20/h3,11,13,15-16H,1-2,4-10,12H2,(H,21,23). The predicted molar refractivity (Wildman–Crippen MR) is 97.4 cm³/mol. The Morgan fingerprint density at radius 2 is 1.92 bits per heavy atom.